The maximum absolute atomic E-state index is 13.0. The molecule has 0 spiro atoms. The number of hydrogen-bond donors (Lipinski definition) is 0. The topological polar surface area (TPSA) is 75.9 Å². The SMILES string of the molecule is O=C(c1cnn2cccnc12)N1CC[C@H](Oc2cccnc2N2CCCC2)C1. The maximum atomic E-state index is 13.0. The van der Waals surface area contributed by atoms with Crippen molar-refractivity contribution in [1.29, 1.82) is 0 Å². The first-order chi connectivity index (χ1) is 13.8. The van der Waals surface area contributed by atoms with Gasteiger partial charge in [-0.25, -0.2) is 14.5 Å². The first-order valence-electron chi connectivity index (χ1n) is 9.74. The normalized spacial score (nSPS) is 19.5. The van der Waals surface area contributed by atoms with Crippen LogP contribution in [0.5, 0.6) is 5.75 Å². The predicted octanol–water partition coefficient (Wildman–Crippen LogP) is 2.02. The number of likely N-dealkylation sites (tertiary alicyclic amines) is 1. The average molecular weight is 378 g/mol. The van der Waals surface area contributed by atoms with E-state index < -0.39 is 0 Å². The van der Waals surface area contributed by atoms with Crippen molar-refractivity contribution in [3.8, 4) is 5.75 Å². The van der Waals surface area contributed by atoms with Gasteiger partial charge in [-0.15, -0.1) is 0 Å². The van der Waals surface area contributed by atoms with Gasteiger partial charge in [0.25, 0.3) is 5.91 Å². The third-order valence-corrected chi connectivity index (χ3v) is 5.39. The number of pyridine rings is 1. The van der Waals surface area contributed by atoms with Crippen LogP contribution in [0.15, 0.2) is 43.0 Å². The van der Waals surface area contributed by atoms with Gasteiger partial charge in [0.2, 0.25) is 0 Å². The number of ether oxygens (including phenoxy) is 1. The summed E-state index contributed by atoms with van der Waals surface area (Å²) in [7, 11) is 0. The van der Waals surface area contributed by atoms with Crippen molar-refractivity contribution < 1.29 is 9.53 Å². The van der Waals surface area contributed by atoms with Gasteiger partial charge >= 0.3 is 0 Å². The molecule has 5 rings (SSSR count). The summed E-state index contributed by atoms with van der Waals surface area (Å²) in [5.41, 5.74) is 1.11. The Balaban J connectivity index is 1.30. The smallest absolute Gasteiger partial charge is 0.259 e. The van der Waals surface area contributed by atoms with Gasteiger partial charge in [0.1, 0.15) is 11.7 Å². The standard InChI is InChI=1S/C20H22N6O2/c27-20(16-13-23-26-11-4-8-21-18(16)26)25-12-6-15(14-25)28-17-5-3-7-22-19(17)24-9-1-2-10-24/h3-5,7-8,11,13,15H,1-2,6,9-10,12,14H2/t15-/m0/s1. The van der Waals surface area contributed by atoms with Crippen molar-refractivity contribution in [2.45, 2.75) is 25.4 Å². The van der Waals surface area contributed by atoms with Gasteiger partial charge in [-0.3, -0.25) is 4.79 Å². The van der Waals surface area contributed by atoms with E-state index in [2.05, 4.69) is 20.0 Å². The van der Waals surface area contributed by atoms with E-state index in [-0.39, 0.29) is 12.0 Å². The number of anilines is 1. The second kappa shape index (κ2) is 7.10. The third kappa shape index (κ3) is 3.04. The molecule has 28 heavy (non-hydrogen) atoms. The summed E-state index contributed by atoms with van der Waals surface area (Å²) in [6.07, 6.45) is 10.00. The second-order valence-electron chi connectivity index (χ2n) is 7.25. The minimum Gasteiger partial charge on any atom is -0.485 e. The first-order valence-corrected chi connectivity index (χ1v) is 9.74. The zero-order valence-corrected chi connectivity index (χ0v) is 15.6. The van der Waals surface area contributed by atoms with Crippen LogP contribution in [-0.4, -0.2) is 62.7 Å². The van der Waals surface area contributed by atoms with E-state index in [0.717, 1.165) is 31.1 Å². The summed E-state index contributed by atoms with van der Waals surface area (Å²) in [5.74, 6) is 1.67. The van der Waals surface area contributed by atoms with Gasteiger partial charge in [0.05, 0.1) is 12.7 Å². The Morgan fingerprint density at radius 3 is 2.86 bits per heavy atom. The lowest BCUT2D eigenvalue weighted by Gasteiger charge is -2.22. The molecule has 2 aliphatic heterocycles. The first kappa shape index (κ1) is 17.0. The second-order valence-corrected chi connectivity index (χ2v) is 7.25. The molecule has 8 heteroatoms. The molecule has 0 unspecified atom stereocenters. The summed E-state index contributed by atoms with van der Waals surface area (Å²) in [5, 5.41) is 4.22. The van der Waals surface area contributed by atoms with Gasteiger partial charge in [0.15, 0.2) is 17.2 Å². The van der Waals surface area contributed by atoms with Crippen LogP contribution in [0.2, 0.25) is 0 Å². The fourth-order valence-electron chi connectivity index (χ4n) is 3.98. The van der Waals surface area contributed by atoms with Crippen LogP contribution in [0.4, 0.5) is 5.82 Å². The molecule has 0 bridgehead atoms. The number of amides is 1. The molecule has 3 aromatic heterocycles. The van der Waals surface area contributed by atoms with Crippen LogP contribution in [-0.2, 0) is 0 Å². The predicted molar refractivity (Wildman–Crippen MR) is 104 cm³/mol. The lowest BCUT2D eigenvalue weighted by atomic mass is 10.3. The lowest BCUT2D eigenvalue weighted by Crippen LogP contribution is -2.31. The molecule has 144 valence electrons. The third-order valence-electron chi connectivity index (χ3n) is 5.39. The number of hydrogen-bond acceptors (Lipinski definition) is 6. The summed E-state index contributed by atoms with van der Waals surface area (Å²) in [6.45, 7) is 3.25. The van der Waals surface area contributed by atoms with Crippen molar-refractivity contribution in [3.63, 3.8) is 0 Å². The molecule has 0 N–H and O–H groups in total. The number of aromatic nitrogens is 4. The molecule has 2 aliphatic rings. The molecule has 8 nitrogen and oxygen atoms in total. The molecule has 3 aromatic rings. The minimum absolute atomic E-state index is 0.0377. The Morgan fingerprint density at radius 1 is 1.11 bits per heavy atom. The van der Waals surface area contributed by atoms with E-state index in [1.54, 1.807) is 29.2 Å². The molecule has 0 radical (unpaired) electrons. The number of carbonyl (C=O) groups excluding carboxylic acids is 1. The minimum atomic E-state index is -0.0502. The molecule has 0 aromatic carbocycles. The Hall–Kier alpha value is -3.16. The van der Waals surface area contributed by atoms with Gasteiger partial charge in [0, 0.05) is 44.6 Å². The van der Waals surface area contributed by atoms with Gasteiger partial charge < -0.3 is 14.5 Å². The van der Waals surface area contributed by atoms with Crippen molar-refractivity contribution in [2.24, 2.45) is 0 Å². The van der Waals surface area contributed by atoms with E-state index >= 15 is 0 Å². The van der Waals surface area contributed by atoms with E-state index in [1.807, 2.05) is 23.2 Å². The number of fused-ring (bicyclic) bond motifs is 1. The molecule has 5 heterocycles. The summed E-state index contributed by atoms with van der Waals surface area (Å²) < 4.78 is 7.89. The molecule has 2 fully saturated rings. The summed E-state index contributed by atoms with van der Waals surface area (Å²) in [4.78, 5) is 25.9. The highest BCUT2D eigenvalue weighted by Gasteiger charge is 2.31. The number of nitrogens with zero attached hydrogens (tertiary/aromatic N) is 6. The van der Waals surface area contributed by atoms with Crippen molar-refractivity contribution in [2.75, 3.05) is 31.1 Å². The van der Waals surface area contributed by atoms with Gasteiger partial charge in [-0.1, -0.05) is 0 Å². The van der Waals surface area contributed by atoms with Crippen molar-refractivity contribution in [3.05, 3.63) is 48.5 Å². The molecule has 1 atom stereocenters. The largest absolute Gasteiger partial charge is 0.485 e. The fourth-order valence-corrected chi connectivity index (χ4v) is 3.98. The van der Waals surface area contributed by atoms with Gasteiger partial charge in [-0.05, 0) is 31.0 Å². The number of carbonyl (C=O) groups is 1. The Labute approximate surface area is 162 Å². The Kier molecular flexibility index (Phi) is 4.31. The molecular weight excluding hydrogens is 356 g/mol. The highest BCUT2D eigenvalue weighted by molar-refractivity contribution is 5.99. The van der Waals surface area contributed by atoms with E-state index in [9.17, 15) is 4.79 Å². The fraction of sp³-hybridized carbons (Fsp3) is 0.400. The van der Waals surface area contributed by atoms with Crippen molar-refractivity contribution >= 4 is 17.4 Å². The van der Waals surface area contributed by atoms with Crippen molar-refractivity contribution in [1.82, 2.24) is 24.5 Å². The van der Waals surface area contributed by atoms with Crippen LogP contribution in [0.1, 0.15) is 29.6 Å². The Bertz CT molecular complexity index is 997. The zero-order valence-electron chi connectivity index (χ0n) is 15.6. The van der Waals surface area contributed by atoms with E-state index in [4.69, 9.17) is 4.74 Å². The molecular formula is C20H22N6O2. The lowest BCUT2D eigenvalue weighted by molar-refractivity contribution is 0.0774. The van der Waals surface area contributed by atoms with Crippen LogP contribution in [0.25, 0.3) is 5.65 Å². The van der Waals surface area contributed by atoms with E-state index in [1.165, 1.54) is 12.8 Å². The van der Waals surface area contributed by atoms with Crippen LogP contribution < -0.4 is 9.64 Å². The summed E-state index contributed by atoms with van der Waals surface area (Å²) in [6, 6.07) is 5.66. The molecule has 0 saturated carbocycles. The molecule has 0 aliphatic carbocycles. The zero-order chi connectivity index (χ0) is 18.9. The van der Waals surface area contributed by atoms with Crippen LogP contribution in [0, 0.1) is 0 Å². The quantitative estimate of drug-likeness (QED) is 0.691. The molecule has 1 amide bonds. The van der Waals surface area contributed by atoms with Gasteiger partial charge in [-0.2, -0.15) is 5.10 Å². The number of rotatable bonds is 4. The average Bonchev–Trinajstić information content (AvgIpc) is 3.48. The van der Waals surface area contributed by atoms with Crippen LogP contribution in [0.3, 0.4) is 0 Å². The monoisotopic (exact) mass is 378 g/mol. The Morgan fingerprint density at radius 2 is 1.96 bits per heavy atom. The summed E-state index contributed by atoms with van der Waals surface area (Å²) >= 11 is 0. The van der Waals surface area contributed by atoms with E-state index in [0.29, 0.717) is 24.3 Å². The van der Waals surface area contributed by atoms with Crippen LogP contribution >= 0.6 is 0 Å². The molecule has 2 saturated heterocycles. The highest BCUT2D eigenvalue weighted by Crippen LogP contribution is 2.30. The highest BCUT2D eigenvalue weighted by atomic mass is 16.5. The maximum Gasteiger partial charge on any atom is 0.259 e.